The second-order valence-corrected chi connectivity index (χ2v) is 5.44. The number of nitrogens with zero attached hydrogens (tertiary/aromatic N) is 2. The van der Waals surface area contributed by atoms with Crippen LogP contribution in [-0.4, -0.2) is 16.1 Å². The summed E-state index contributed by atoms with van der Waals surface area (Å²) in [6.07, 6.45) is 4.56. The minimum absolute atomic E-state index is 0.297. The molecule has 0 atom stereocenters. The molecule has 2 rings (SSSR count). The van der Waals surface area contributed by atoms with Crippen LogP contribution in [0.4, 0.5) is 0 Å². The maximum atomic E-state index is 11.3. The van der Waals surface area contributed by atoms with Crippen LogP contribution in [0.2, 0.25) is 10.0 Å². The molecule has 0 unspecified atom stereocenters. The van der Waals surface area contributed by atoms with E-state index in [9.17, 15) is 4.79 Å². The van der Waals surface area contributed by atoms with E-state index in [2.05, 4.69) is 18.9 Å². The van der Waals surface area contributed by atoms with E-state index in [1.807, 2.05) is 10.7 Å². The molecule has 0 radical (unpaired) electrons. The quantitative estimate of drug-likeness (QED) is 0.726. The first-order valence-corrected chi connectivity index (χ1v) is 7.36. The third-order valence-corrected chi connectivity index (χ3v) is 4.14. The van der Waals surface area contributed by atoms with Crippen LogP contribution in [0.5, 0.6) is 0 Å². The Balaban J connectivity index is 2.49. The van der Waals surface area contributed by atoms with Gasteiger partial charge in [-0.1, -0.05) is 43.1 Å². The van der Waals surface area contributed by atoms with Gasteiger partial charge in [-0.25, -0.2) is 0 Å². The smallest absolute Gasteiger partial charge is 0.153 e. The summed E-state index contributed by atoms with van der Waals surface area (Å²) in [5.41, 5.74) is 2.01. The van der Waals surface area contributed by atoms with Crippen molar-refractivity contribution in [3.8, 4) is 11.3 Å². The molecule has 0 aliphatic heterocycles. The summed E-state index contributed by atoms with van der Waals surface area (Å²) in [7, 11) is 0. The predicted octanol–water partition coefficient (Wildman–Crippen LogP) is 5.03. The van der Waals surface area contributed by atoms with Crippen molar-refractivity contribution in [2.24, 2.45) is 0 Å². The first kappa shape index (κ1) is 15.1. The van der Waals surface area contributed by atoms with E-state index in [1.54, 1.807) is 18.3 Å². The molecule has 1 heterocycles. The van der Waals surface area contributed by atoms with Crippen molar-refractivity contribution in [1.29, 1.82) is 0 Å². The van der Waals surface area contributed by atoms with Gasteiger partial charge in [-0.05, 0) is 25.0 Å². The van der Waals surface area contributed by atoms with Gasteiger partial charge in [0.25, 0.3) is 0 Å². The van der Waals surface area contributed by atoms with Gasteiger partial charge < -0.3 is 0 Å². The molecule has 0 bridgehead atoms. The van der Waals surface area contributed by atoms with Crippen LogP contribution in [0.1, 0.15) is 43.1 Å². The molecule has 0 aliphatic carbocycles. The SMILES string of the molecule is CCC(CC)n1cc(C=O)c(-c2ccc(Cl)c(Cl)c2)n1. The average Bonchev–Trinajstić information content (AvgIpc) is 2.87. The second-order valence-electron chi connectivity index (χ2n) is 4.63. The predicted molar refractivity (Wildman–Crippen MR) is 82.7 cm³/mol. The standard InChI is InChI=1S/C15H16Cl2N2O/c1-3-12(4-2)19-8-11(9-20)15(18-19)10-5-6-13(16)14(17)7-10/h5-9,12H,3-4H2,1-2H3. The van der Waals surface area contributed by atoms with Gasteiger partial charge in [-0.15, -0.1) is 0 Å². The molecular formula is C15H16Cl2N2O. The van der Waals surface area contributed by atoms with Crippen LogP contribution < -0.4 is 0 Å². The Kier molecular flexibility index (Phi) is 4.84. The number of benzene rings is 1. The molecule has 0 saturated carbocycles. The van der Waals surface area contributed by atoms with E-state index in [0.717, 1.165) is 24.7 Å². The number of hydrogen-bond donors (Lipinski definition) is 0. The maximum Gasteiger partial charge on any atom is 0.153 e. The Morgan fingerprint density at radius 2 is 1.95 bits per heavy atom. The minimum Gasteiger partial charge on any atom is -0.298 e. The number of hydrogen-bond acceptors (Lipinski definition) is 2. The van der Waals surface area contributed by atoms with Gasteiger partial charge in [0.2, 0.25) is 0 Å². The molecule has 3 nitrogen and oxygen atoms in total. The summed E-state index contributed by atoms with van der Waals surface area (Å²) < 4.78 is 1.86. The maximum absolute atomic E-state index is 11.3. The molecular weight excluding hydrogens is 295 g/mol. The molecule has 0 N–H and O–H groups in total. The van der Waals surface area contributed by atoms with Crippen molar-refractivity contribution in [1.82, 2.24) is 9.78 Å². The van der Waals surface area contributed by atoms with E-state index in [1.165, 1.54) is 0 Å². The first-order valence-electron chi connectivity index (χ1n) is 6.60. The highest BCUT2D eigenvalue weighted by atomic mass is 35.5. The molecule has 1 aromatic carbocycles. The third kappa shape index (κ3) is 2.89. The molecule has 20 heavy (non-hydrogen) atoms. The Morgan fingerprint density at radius 3 is 2.50 bits per heavy atom. The van der Waals surface area contributed by atoms with Crippen LogP contribution in [-0.2, 0) is 0 Å². The fourth-order valence-electron chi connectivity index (χ4n) is 2.21. The Morgan fingerprint density at radius 1 is 1.25 bits per heavy atom. The summed E-state index contributed by atoms with van der Waals surface area (Å²) >= 11 is 11.9. The lowest BCUT2D eigenvalue weighted by Gasteiger charge is -2.12. The fourth-order valence-corrected chi connectivity index (χ4v) is 2.51. The van der Waals surface area contributed by atoms with Crippen molar-refractivity contribution >= 4 is 29.5 Å². The van der Waals surface area contributed by atoms with E-state index in [-0.39, 0.29) is 0 Å². The highest BCUT2D eigenvalue weighted by Gasteiger charge is 2.15. The third-order valence-electron chi connectivity index (χ3n) is 3.40. The highest BCUT2D eigenvalue weighted by molar-refractivity contribution is 6.42. The van der Waals surface area contributed by atoms with Gasteiger partial charge in [0.05, 0.1) is 21.7 Å². The zero-order valence-electron chi connectivity index (χ0n) is 11.4. The Labute approximate surface area is 128 Å². The number of rotatable bonds is 5. The Bertz CT molecular complexity index is 618. The van der Waals surface area contributed by atoms with Gasteiger partial charge in [0.15, 0.2) is 6.29 Å². The molecule has 0 saturated heterocycles. The van der Waals surface area contributed by atoms with Crippen molar-refractivity contribution in [2.75, 3.05) is 0 Å². The number of aldehydes is 1. The molecule has 0 aliphatic rings. The van der Waals surface area contributed by atoms with Gasteiger partial charge in [-0.3, -0.25) is 9.48 Å². The largest absolute Gasteiger partial charge is 0.298 e. The van der Waals surface area contributed by atoms with Crippen LogP contribution in [0.15, 0.2) is 24.4 Å². The van der Waals surface area contributed by atoms with Gasteiger partial charge in [0.1, 0.15) is 5.69 Å². The lowest BCUT2D eigenvalue weighted by Crippen LogP contribution is -2.07. The first-order chi connectivity index (χ1) is 9.60. The van der Waals surface area contributed by atoms with E-state index >= 15 is 0 Å². The van der Waals surface area contributed by atoms with Crippen LogP contribution >= 0.6 is 23.2 Å². The van der Waals surface area contributed by atoms with E-state index in [0.29, 0.717) is 27.3 Å². The van der Waals surface area contributed by atoms with Gasteiger partial charge >= 0.3 is 0 Å². The zero-order chi connectivity index (χ0) is 14.7. The Hall–Kier alpha value is -1.32. The van der Waals surface area contributed by atoms with Crippen molar-refractivity contribution in [2.45, 2.75) is 32.7 Å². The minimum atomic E-state index is 0.297. The number of carbonyl (C=O) groups is 1. The molecule has 2 aromatic rings. The second kappa shape index (κ2) is 6.42. The zero-order valence-corrected chi connectivity index (χ0v) is 12.9. The molecule has 0 fully saturated rings. The summed E-state index contributed by atoms with van der Waals surface area (Å²) in [5.74, 6) is 0. The normalized spacial score (nSPS) is 11.1. The van der Waals surface area contributed by atoms with Crippen molar-refractivity contribution < 1.29 is 4.79 Å². The average molecular weight is 311 g/mol. The van der Waals surface area contributed by atoms with Gasteiger partial charge in [0, 0.05) is 11.8 Å². The molecule has 5 heteroatoms. The van der Waals surface area contributed by atoms with E-state index in [4.69, 9.17) is 23.2 Å². The van der Waals surface area contributed by atoms with Crippen LogP contribution in [0.3, 0.4) is 0 Å². The fraction of sp³-hybridized carbons (Fsp3) is 0.333. The summed E-state index contributed by atoms with van der Waals surface area (Å²) in [5, 5.41) is 5.49. The lowest BCUT2D eigenvalue weighted by molar-refractivity contribution is 0.112. The van der Waals surface area contributed by atoms with Crippen molar-refractivity contribution in [3.63, 3.8) is 0 Å². The summed E-state index contributed by atoms with van der Waals surface area (Å²) in [6, 6.07) is 5.56. The number of halogens is 2. The molecule has 0 amide bonds. The van der Waals surface area contributed by atoms with Gasteiger partial charge in [-0.2, -0.15) is 5.10 Å². The summed E-state index contributed by atoms with van der Waals surface area (Å²) in [6.45, 7) is 4.21. The van der Waals surface area contributed by atoms with E-state index < -0.39 is 0 Å². The molecule has 1 aromatic heterocycles. The molecule has 106 valence electrons. The molecule has 0 spiro atoms. The lowest BCUT2D eigenvalue weighted by atomic mass is 10.1. The topological polar surface area (TPSA) is 34.9 Å². The number of carbonyl (C=O) groups excluding carboxylic acids is 1. The van der Waals surface area contributed by atoms with Crippen LogP contribution in [0, 0.1) is 0 Å². The number of aromatic nitrogens is 2. The highest BCUT2D eigenvalue weighted by Crippen LogP contribution is 2.30. The summed E-state index contributed by atoms with van der Waals surface area (Å²) in [4.78, 5) is 11.3. The monoisotopic (exact) mass is 310 g/mol. The van der Waals surface area contributed by atoms with Crippen LogP contribution in [0.25, 0.3) is 11.3 Å². The van der Waals surface area contributed by atoms with Crippen molar-refractivity contribution in [3.05, 3.63) is 40.0 Å².